The van der Waals surface area contributed by atoms with Crippen molar-refractivity contribution in [3.8, 4) is 0 Å². The second-order valence-electron chi connectivity index (χ2n) is 5.25. The molecule has 1 amide bonds. The number of halogens is 3. The number of hydrogen-bond donors (Lipinski definition) is 1. The Morgan fingerprint density at radius 3 is 2.32 bits per heavy atom. The van der Waals surface area contributed by atoms with E-state index in [2.05, 4.69) is 0 Å². The molecule has 3 unspecified atom stereocenters. The minimum Gasteiger partial charge on any atom is -0.481 e. The van der Waals surface area contributed by atoms with Crippen molar-refractivity contribution in [2.24, 2.45) is 11.8 Å². The van der Waals surface area contributed by atoms with E-state index in [0.717, 1.165) is 17.7 Å². The molecule has 0 spiro atoms. The van der Waals surface area contributed by atoms with Crippen molar-refractivity contribution in [3.63, 3.8) is 0 Å². The summed E-state index contributed by atoms with van der Waals surface area (Å²) >= 11 is 0. The van der Waals surface area contributed by atoms with E-state index in [-0.39, 0.29) is 18.9 Å². The molecule has 19 heavy (non-hydrogen) atoms. The smallest absolute Gasteiger partial charge is 0.471 e. The van der Waals surface area contributed by atoms with Crippen LogP contribution in [-0.4, -0.2) is 40.6 Å². The fraction of sp³-hybridized carbons (Fsp3) is 0.833. The molecule has 1 aliphatic heterocycles. The van der Waals surface area contributed by atoms with Crippen LogP contribution in [-0.2, 0) is 9.59 Å². The van der Waals surface area contributed by atoms with Crippen LogP contribution in [0.5, 0.6) is 0 Å². The van der Waals surface area contributed by atoms with Gasteiger partial charge in [0.15, 0.2) is 0 Å². The largest absolute Gasteiger partial charge is 0.481 e. The van der Waals surface area contributed by atoms with E-state index in [1.54, 1.807) is 0 Å². The van der Waals surface area contributed by atoms with Gasteiger partial charge >= 0.3 is 18.1 Å². The maximum Gasteiger partial charge on any atom is 0.471 e. The van der Waals surface area contributed by atoms with Crippen LogP contribution in [0.3, 0.4) is 0 Å². The van der Waals surface area contributed by atoms with Crippen molar-refractivity contribution in [1.82, 2.24) is 4.90 Å². The number of likely N-dealkylation sites (tertiary alicyclic amines) is 1. The number of amides is 1. The molecule has 1 N–H and O–H groups in total. The summed E-state index contributed by atoms with van der Waals surface area (Å²) in [6, 6.07) is -0.572. The molecule has 0 aromatic heterocycles. The lowest BCUT2D eigenvalue weighted by Crippen LogP contribution is -2.57. The molecule has 1 heterocycles. The molecule has 0 aromatic rings. The Hall–Kier alpha value is -1.27. The van der Waals surface area contributed by atoms with Gasteiger partial charge in [-0.15, -0.1) is 0 Å². The highest BCUT2D eigenvalue weighted by Gasteiger charge is 2.50. The quantitative estimate of drug-likeness (QED) is 0.799. The summed E-state index contributed by atoms with van der Waals surface area (Å²) in [7, 11) is 0. The predicted molar refractivity (Wildman–Crippen MR) is 59.3 cm³/mol. The molecule has 2 rings (SSSR count). The first-order valence-corrected chi connectivity index (χ1v) is 6.43. The topological polar surface area (TPSA) is 57.6 Å². The van der Waals surface area contributed by atoms with Gasteiger partial charge in [0, 0.05) is 12.6 Å². The lowest BCUT2D eigenvalue weighted by atomic mass is 9.72. The molecule has 1 saturated heterocycles. The van der Waals surface area contributed by atoms with E-state index in [9.17, 15) is 22.8 Å². The number of carbonyl (C=O) groups excluding carboxylic acids is 1. The van der Waals surface area contributed by atoms with Gasteiger partial charge in [0.1, 0.15) is 0 Å². The normalized spacial score (nSPS) is 31.7. The number of rotatable bonds is 1. The van der Waals surface area contributed by atoms with E-state index in [1.165, 1.54) is 0 Å². The van der Waals surface area contributed by atoms with Crippen LogP contribution in [0, 0.1) is 11.8 Å². The Morgan fingerprint density at radius 1 is 1.11 bits per heavy atom. The summed E-state index contributed by atoms with van der Waals surface area (Å²) < 4.78 is 37.6. The third kappa shape index (κ3) is 2.69. The first kappa shape index (κ1) is 14.1. The van der Waals surface area contributed by atoms with E-state index >= 15 is 0 Å². The van der Waals surface area contributed by atoms with Crippen LogP contribution in [0.4, 0.5) is 13.2 Å². The highest BCUT2D eigenvalue weighted by atomic mass is 19.4. The van der Waals surface area contributed by atoms with Crippen LogP contribution >= 0.6 is 0 Å². The zero-order valence-corrected chi connectivity index (χ0v) is 10.3. The molecule has 4 nitrogen and oxygen atoms in total. The van der Waals surface area contributed by atoms with Gasteiger partial charge in [-0.2, -0.15) is 13.2 Å². The van der Waals surface area contributed by atoms with Gasteiger partial charge in [-0.05, 0) is 25.2 Å². The first-order valence-electron chi connectivity index (χ1n) is 6.43. The Labute approximate surface area is 108 Å². The van der Waals surface area contributed by atoms with Crippen LogP contribution in [0.25, 0.3) is 0 Å². The molecule has 2 aliphatic rings. The van der Waals surface area contributed by atoms with E-state index < -0.39 is 30.0 Å². The van der Waals surface area contributed by atoms with E-state index in [1.807, 2.05) is 0 Å². The van der Waals surface area contributed by atoms with Crippen molar-refractivity contribution < 1.29 is 27.9 Å². The number of nitrogens with zero attached hydrogens (tertiary/aromatic N) is 1. The van der Waals surface area contributed by atoms with Gasteiger partial charge < -0.3 is 10.0 Å². The van der Waals surface area contributed by atoms with Crippen LogP contribution in [0.1, 0.15) is 32.1 Å². The van der Waals surface area contributed by atoms with E-state index in [4.69, 9.17) is 5.11 Å². The fourth-order valence-electron chi connectivity index (χ4n) is 3.38. The van der Waals surface area contributed by atoms with Gasteiger partial charge in [0.05, 0.1) is 5.92 Å². The summed E-state index contributed by atoms with van der Waals surface area (Å²) in [6.45, 7) is -0.115. The lowest BCUT2D eigenvalue weighted by molar-refractivity contribution is -0.193. The highest BCUT2D eigenvalue weighted by molar-refractivity contribution is 5.82. The van der Waals surface area contributed by atoms with Crippen molar-refractivity contribution in [2.75, 3.05) is 6.54 Å². The minimum atomic E-state index is -4.88. The second kappa shape index (κ2) is 5.02. The summed E-state index contributed by atoms with van der Waals surface area (Å²) in [4.78, 5) is 23.4. The number of carboxylic acid groups (broad SMARTS) is 1. The molecule has 3 atom stereocenters. The van der Waals surface area contributed by atoms with Crippen molar-refractivity contribution >= 4 is 11.9 Å². The number of aliphatic carboxylic acids is 1. The number of carboxylic acids is 1. The Kier molecular flexibility index (Phi) is 3.73. The molecule has 0 aromatic carbocycles. The summed E-state index contributed by atoms with van der Waals surface area (Å²) in [5, 5.41) is 9.14. The van der Waals surface area contributed by atoms with Gasteiger partial charge in [-0.25, -0.2) is 0 Å². The zero-order valence-electron chi connectivity index (χ0n) is 10.3. The standard InChI is InChI=1S/C12H16F3NO3/c13-12(14,15)11(19)16-6-5-8(10(17)18)7-3-1-2-4-9(7)16/h7-9H,1-6H2,(H,17,18). The summed E-state index contributed by atoms with van der Waals surface area (Å²) in [5.41, 5.74) is 0. The van der Waals surface area contributed by atoms with Crippen LogP contribution in [0.15, 0.2) is 0 Å². The average molecular weight is 279 g/mol. The molecule has 1 saturated carbocycles. The fourth-order valence-corrected chi connectivity index (χ4v) is 3.38. The van der Waals surface area contributed by atoms with Gasteiger partial charge in [0.25, 0.3) is 0 Å². The number of alkyl halides is 3. The van der Waals surface area contributed by atoms with Crippen LogP contribution < -0.4 is 0 Å². The highest BCUT2D eigenvalue weighted by Crippen LogP contribution is 2.40. The molecular formula is C12H16F3NO3. The third-order valence-corrected chi connectivity index (χ3v) is 4.20. The number of hydrogen-bond acceptors (Lipinski definition) is 2. The SMILES string of the molecule is O=C(O)C1CCN(C(=O)C(F)(F)F)C2CCCCC12. The Morgan fingerprint density at radius 2 is 1.74 bits per heavy atom. The first-order chi connectivity index (χ1) is 8.82. The summed E-state index contributed by atoms with van der Waals surface area (Å²) in [6.07, 6.45) is -2.15. The molecule has 108 valence electrons. The van der Waals surface area contributed by atoms with Crippen molar-refractivity contribution in [3.05, 3.63) is 0 Å². The van der Waals surface area contributed by atoms with Gasteiger partial charge in [-0.3, -0.25) is 9.59 Å². The molecular weight excluding hydrogens is 263 g/mol. The van der Waals surface area contributed by atoms with Crippen molar-refractivity contribution in [1.29, 1.82) is 0 Å². The lowest BCUT2D eigenvalue weighted by Gasteiger charge is -2.46. The van der Waals surface area contributed by atoms with Crippen LogP contribution in [0.2, 0.25) is 0 Å². The molecule has 2 fully saturated rings. The molecule has 1 aliphatic carbocycles. The third-order valence-electron chi connectivity index (χ3n) is 4.20. The minimum absolute atomic E-state index is 0.109. The van der Waals surface area contributed by atoms with Crippen molar-refractivity contribution in [2.45, 2.75) is 44.3 Å². The molecule has 0 radical (unpaired) electrons. The Bertz CT molecular complexity index is 383. The maximum atomic E-state index is 12.5. The zero-order chi connectivity index (χ0) is 14.2. The predicted octanol–water partition coefficient (Wildman–Crippen LogP) is 2.04. The Balaban J connectivity index is 2.20. The number of fused-ring (bicyclic) bond motifs is 1. The second-order valence-corrected chi connectivity index (χ2v) is 5.25. The molecule has 0 bridgehead atoms. The summed E-state index contributed by atoms with van der Waals surface area (Å²) in [5.74, 6) is -3.75. The van der Waals surface area contributed by atoms with E-state index in [0.29, 0.717) is 12.8 Å². The molecule has 7 heteroatoms. The van der Waals surface area contributed by atoms with Gasteiger partial charge in [-0.1, -0.05) is 12.8 Å². The maximum absolute atomic E-state index is 12.5. The number of piperidine rings is 1. The average Bonchev–Trinajstić information content (AvgIpc) is 2.35. The monoisotopic (exact) mass is 279 g/mol. The number of carbonyl (C=O) groups is 2. The van der Waals surface area contributed by atoms with Gasteiger partial charge in [0.2, 0.25) is 0 Å².